The topological polar surface area (TPSA) is 35.5 Å². The second kappa shape index (κ2) is 6.64. The first-order chi connectivity index (χ1) is 8.08. The molecule has 1 atom stereocenters. The summed E-state index contributed by atoms with van der Waals surface area (Å²) < 4.78 is 11.4. The Kier molecular flexibility index (Phi) is 5.48. The Balaban J connectivity index is 2.77. The van der Waals surface area contributed by atoms with Gasteiger partial charge in [-0.05, 0) is 53.9 Å². The second-order valence-corrected chi connectivity index (χ2v) is 4.56. The molecule has 0 saturated heterocycles. The zero-order chi connectivity index (χ0) is 12.8. The number of hydrogen-bond donors (Lipinski definition) is 0. The Morgan fingerprint density at radius 2 is 2.12 bits per heavy atom. The van der Waals surface area contributed by atoms with Gasteiger partial charge in [-0.25, -0.2) is 4.79 Å². The van der Waals surface area contributed by atoms with Crippen LogP contribution in [0.2, 0.25) is 0 Å². The van der Waals surface area contributed by atoms with E-state index in [1.807, 2.05) is 32.0 Å². The summed E-state index contributed by atoms with van der Waals surface area (Å²) in [6, 6.07) is 5.74. The van der Waals surface area contributed by atoms with Crippen LogP contribution in [0.1, 0.15) is 25.8 Å². The van der Waals surface area contributed by atoms with Crippen molar-refractivity contribution in [3.05, 3.63) is 28.2 Å². The van der Waals surface area contributed by atoms with E-state index in [4.69, 9.17) is 9.47 Å². The van der Waals surface area contributed by atoms with Gasteiger partial charge in [0.25, 0.3) is 0 Å². The zero-order valence-electron chi connectivity index (χ0n) is 10.3. The van der Waals surface area contributed by atoms with Gasteiger partial charge >= 0.3 is 5.97 Å². The van der Waals surface area contributed by atoms with Crippen LogP contribution in [0.5, 0.6) is 5.75 Å². The lowest BCUT2D eigenvalue weighted by molar-refractivity contribution is -0.151. The van der Waals surface area contributed by atoms with Gasteiger partial charge in [-0.2, -0.15) is 0 Å². The standard InChI is InChI=1S/C13H17BrO3/c1-4-11(13(15)16-5-2)17-12-7-6-9(3)8-10(12)14/h6-8,11H,4-5H2,1-3H3. The van der Waals surface area contributed by atoms with Crippen LogP contribution in [0, 0.1) is 6.92 Å². The van der Waals surface area contributed by atoms with E-state index in [-0.39, 0.29) is 5.97 Å². The zero-order valence-corrected chi connectivity index (χ0v) is 11.9. The molecule has 1 unspecified atom stereocenters. The van der Waals surface area contributed by atoms with Crippen LogP contribution in [0.25, 0.3) is 0 Å². The van der Waals surface area contributed by atoms with E-state index in [0.717, 1.165) is 10.0 Å². The van der Waals surface area contributed by atoms with Gasteiger partial charge in [0, 0.05) is 0 Å². The number of ether oxygens (including phenoxy) is 2. The van der Waals surface area contributed by atoms with Gasteiger partial charge in [0.15, 0.2) is 6.10 Å². The molecule has 94 valence electrons. The maximum absolute atomic E-state index is 11.6. The summed E-state index contributed by atoms with van der Waals surface area (Å²) in [7, 11) is 0. The van der Waals surface area contributed by atoms with E-state index in [9.17, 15) is 4.79 Å². The highest BCUT2D eigenvalue weighted by Crippen LogP contribution is 2.27. The lowest BCUT2D eigenvalue weighted by Crippen LogP contribution is -2.28. The molecule has 0 aliphatic carbocycles. The Bertz CT molecular complexity index is 390. The molecule has 0 heterocycles. The molecule has 4 heteroatoms. The third-order valence-electron chi connectivity index (χ3n) is 2.28. The van der Waals surface area contributed by atoms with Crippen molar-refractivity contribution in [2.24, 2.45) is 0 Å². The maximum atomic E-state index is 11.6. The first-order valence-corrected chi connectivity index (χ1v) is 6.47. The molecule has 0 spiro atoms. The van der Waals surface area contributed by atoms with E-state index in [0.29, 0.717) is 18.8 Å². The SMILES string of the molecule is CCOC(=O)C(CC)Oc1ccc(C)cc1Br. The number of benzene rings is 1. The van der Waals surface area contributed by atoms with E-state index < -0.39 is 6.10 Å². The molecule has 0 amide bonds. The molecule has 0 aromatic heterocycles. The average molecular weight is 301 g/mol. The molecular weight excluding hydrogens is 284 g/mol. The molecule has 0 aliphatic rings. The van der Waals surface area contributed by atoms with Crippen molar-refractivity contribution in [1.29, 1.82) is 0 Å². The Labute approximate surface area is 110 Å². The molecule has 0 saturated carbocycles. The van der Waals surface area contributed by atoms with E-state index >= 15 is 0 Å². The third kappa shape index (κ3) is 4.04. The van der Waals surface area contributed by atoms with Crippen LogP contribution in [0.15, 0.2) is 22.7 Å². The monoisotopic (exact) mass is 300 g/mol. The molecule has 1 aromatic carbocycles. The molecular formula is C13H17BrO3. The molecule has 0 bridgehead atoms. The Morgan fingerprint density at radius 3 is 2.65 bits per heavy atom. The minimum atomic E-state index is -0.547. The fourth-order valence-electron chi connectivity index (χ4n) is 1.39. The molecule has 0 radical (unpaired) electrons. The van der Waals surface area contributed by atoms with Crippen LogP contribution in [0.4, 0.5) is 0 Å². The summed E-state index contributed by atoms with van der Waals surface area (Å²) in [6.07, 6.45) is 0.0352. The number of halogens is 1. The smallest absolute Gasteiger partial charge is 0.347 e. The van der Waals surface area contributed by atoms with Gasteiger partial charge < -0.3 is 9.47 Å². The second-order valence-electron chi connectivity index (χ2n) is 3.70. The highest BCUT2D eigenvalue weighted by atomic mass is 79.9. The number of aryl methyl sites for hydroxylation is 1. The van der Waals surface area contributed by atoms with Gasteiger partial charge in [0.05, 0.1) is 11.1 Å². The fraction of sp³-hybridized carbons (Fsp3) is 0.462. The van der Waals surface area contributed by atoms with Gasteiger partial charge in [-0.15, -0.1) is 0 Å². The quantitative estimate of drug-likeness (QED) is 0.781. The summed E-state index contributed by atoms with van der Waals surface area (Å²) in [6.45, 7) is 6.04. The van der Waals surface area contributed by atoms with Gasteiger partial charge in [0.2, 0.25) is 0 Å². The van der Waals surface area contributed by atoms with Crippen molar-refractivity contribution in [2.75, 3.05) is 6.61 Å². The highest BCUT2D eigenvalue weighted by molar-refractivity contribution is 9.10. The number of esters is 1. The lowest BCUT2D eigenvalue weighted by atomic mass is 10.2. The van der Waals surface area contributed by atoms with E-state index in [1.165, 1.54) is 0 Å². The maximum Gasteiger partial charge on any atom is 0.347 e. The first-order valence-electron chi connectivity index (χ1n) is 5.67. The van der Waals surface area contributed by atoms with Gasteiger partial charge in [0.1, 0.15) is 5.75 Å². The van der Waals surface area contributed by atoms with Crippen molar-refractivity contribution in [3.63, 3.8) is 0 Å². The van der Waals surface area contributed by atoms with Crippen LogP contribution in [-0.4, -0.2) is 18.7 Å². The normalized spacial score (nSPS) is 12.0. The molecule has 0 fully saturated rings. The van der Waals surface area contributed by atoms with Crippen molar-refractivity contribution < 1.29 is 14.3 Å². The number of rotatable bonds is 5. The predicted octanol–water partition coefficient (Wildman–Crippen LogP) is 3.48. The molecule has 1 aromatic rings. The summed E-state index contributed by atoms with van der Waals surface area (Å²) in [5.41, 5.74) is 1.13. The number of carbonyl (C=O) groups is 1. The summed E-state index contributed by atoms with van der Waals surface area (Å²) in [4.78, 5) is 11.6. The fourth-order valence-corrected chi connectivity index (χ4v) is 1.97. The van der Waals surface area contributed by atoms with Crippen molar-refractivity contribution in [3.8, 4) is 5.75 Å². The molecule has 17 heavy (non-hydrogen) atoms. The van der Waals surface area contributed by atoms with Crippen molar-refractivity contribution in [2.45, 2.75) is 33.3 Å². The van der Waals surface area contributed by atoms with Gasteiger partial charge in [-0.1, -0.05) is 13.0 Å². The molecule has 1 rings (SSSR count). The molecule has 0 aliphatic heterocycles. The lowest BCUT2D eigenvalue weighted by Gasteiger charge is -2.17. The largest absolute Gasteiger partial charge is 0.478 e. The highest BCUT2D eigenvalue weighted by Gasteiger charge is 2.20. The predicted molar refractivity (Wildman–Crippen MR) is 70.2 cm³/mol. The molecule has 0 N–H and O–H groups in total. The third-order valence-corrected chi connectivity index (χ3v) is 2.90. The van der Waals surface area contributed by atoms with Crippen LogP contribution in [-0.2, 0) is 9.53 Å². The van der Waals surface area contributed by atoms with E-state index in [2.05, 4.69) is 15.9 Å². The van der Waals surface area contributed by atoms with Crippen molar-refractivity contribution >= 4 is 21.9 Å². The number of hydrogen-bond acceptors (Lipinski definition) is 3. The summed E-state index contributed by atoms with van der Waals surface area (Å²) in [5, 5.41) is 0. The Hall–Kier alpha value is -1.03. The first kappa shape index (κ1) is 14.0. The van der Waals surface area contributed by atoms with Crippen LogP contribution < -0.4 is 4.74 Å². The summed E-state index contributed by atoms with van der Waals surface area (Å²) in [5.74, 6) is 0.345. The van der Waals surface area contributed by atoms with Crippen LogP contribution >= 0.6 is 15.9 Å². The summed E-state index contributed by atoms with van der Waals surface area (Å²) >= 11 is 3.42. The van der Waals surface area contributed by atoms with Crippen molar-refractivity contribution in [1.82, 2.24) is 0 Å². The van der Waals surface area contributed by atoms with E-state index in [1.54, 1.807) is 6.92 Å². The van der Waals surface area contributed by atoms with Gasteiger partial charge in [-0.3, -0.25) is 0 Å². The Morgan fingerprint density at radius 1 is 1.41 bits per heavy atom. The molecule has 3 nitrogen and oxygen atoms in total. The minimum Gasteiger partial charge on any atom is -0.478 e. The number of carbonyl (C=O) groups excluding carboxylic acids is 1. The minimum absolute atomic E-state index is 0.317. The average Bonchev–Trinajstić information content (AvgIpc) is 2.28. The van der Waals surface area contributed by atoms with Crippen LogP contribution in [0.3, 0.4) is 0 Å².